The van der Waals surface area contributed by atoms with Crippen molar-refractivity contribution in [2.75, 3.05) is 14.2 Å². The lowest BCUT2D eigenvalue weighted by atomic mass is 9.83. The Morgan fingerprint density at radius 3 is 2.55 bits per heavy atom. The summed E-state index contributed by atoms with van der Waals surface area (Å²) < 4.78 is 15.5. The molecule has 0 aliphatic carbocycles. The van der Waals surface area contributed by atoms with Crippen molar-refractivity contribution in [1.29, 1.82) is 0 Å². The Kier molecular flexibility index (Phi) is 4.28. The lowest BCUT2D eigenvalue weighted by Crippen LogP contribution is -2.32. The zero-order chi connectivity index (χ0) is 14.8. The predicted molar refractivity (Wildman–Crippen MR) is 71.9 cm³/mol. The van der Waals surface area contributed by atoms with Crippen LogP contribution in [0.25, 0.3) is 0 Å². The van der Waals surface area contributed by atoms with Gasteiger partial charge in [-0.25, -0.2) is 9.59 Å². The van der Waals surface area contributed by atoms with Gasteiger partial charge in [0, 0.05) is 0 Å². The number of carbonyl (C=O) groups is 2. The van der Waals surface area contributed by atoms with Crippen LogP contribution < -0.4 is 0 Å². The third-order valence-corrected chi connectivity index (χ3v) is 3.80. The molecular weight excluding hydrogens is 260 g/mol. The summed E-state index contributed by atoms with van der Waals surface area (Å²) in [5.41, 5.74) is -0.245. The minimum absolute atomic E-state index is 0.276. The molecule has 2 atom stereocenters. The molecule has 0 saturated heterocycles. The van der Waals surface area contributed by atoms with Gasteiger partial charge < -0.3 is 14.2 Å². The average Bonchev–Trinajstić information content (AvgIpc) is 3.01. The van der Waals surface area contributed by atoms with Gasteiger partial charge in [0.25, 0.3) is 0 Å². The highest BCUT2D eigenvalue weighted by molar-refractivity contribution is 6.04. The fourth-order valence-electron chi connectivity index (χ4n) is 2.83. The fourth-order valence-corrected chi connectivity index (χ4v) is 2.83. The van der Waals surface area contributed by atoms with Crippen molar-refractivity contribution in [3.8, 4) is 0 Å². The van der Waals surface area contributed by atoms with Crippen LogP contribution in [0.3, 0.4) is 0 Å². The molecule has 110 valence electrons. The molecule has 2 bridgehead atoms. The van der Waals surface area contributed by atoms with Crippen molar-refractivity contribution in [3.05, 3.63) is 23.3 Å². The second-order valence-corrected chi connectivity index (χ2v) is 5.02. The Labute approximate surface area is 118 Å². The highest BCUT2D eigenvalue weighted by Gasteiger charge is 2.53. The van der Waals surface area contributed by atoms with Gasteiger partial charge in [-0.15, -0.1) is 0 Å². The Bertz CT molecular complexity index is 477. The monoisotopic (exact) mass is 280 g/mol. The first kappa shape index (κ1) is 14.8. The van der Waals surface area contributed by atoms with E-state index in [-0.39, 0.29) is 5.57 Å². The Balaban J connectivity index is 2.35. The number of hydrogen-bond acceptors (Lipinski definition) is 5. The summed E-state index contributed by atoms with van der Waals surface area (Å²) in [6.07, 6.45) is 6.88. The minimum Gasteiger partial charge on any atom is -0.466 e. The van der Waals surface area contributed by atoms with Crippen LogP contribution in [0.15, 0.2) is 23.3 Å². The molecule has 2 rings (SSSR count). The summed E-state index contributed by atoms with van der Waals surface area (Å²) in [5.74, 6) is -1.05. The average molecular weight is 280 g/mol. The molecule has 0 spiro atoms. The molecule has 0 radical (unpaired) electrons. The first-order valence-electron chi connectivity index (χ1n) is 6.88. The van der Waals surface area contributed by atoms with E-state index in [0.29, 0.717) is 12.0 Å². The summed E-state index contributed by atoms with van der Waals surface area (Å²) in [7, 11) is 2.60. The third kappa shape index (κ3) is 2.26. The van der Waals surface area contributed by atoms with Gasteiger partial charge in [-0.3, -0.25) is 0 Å². The third-order valence-electron chi connectivity index (χ3n) is 3.80. The van der Waals surface area contributed by atoms with Crippen LogP contribution in [0.1, 0.15) is 32.6 Å². The molecule has 2 unspecified atom stereocenters. The van der Waals surface area contributed by atoms with Gasteiger partial charge in [-0.05, 0) is 18.9 Å². The van der Waals surface area contributed by atoms with Crippen LogP contribution in [-0.4, -0.2) is 37.9 Å². The molecule has 0 amide bonds. The van der Waals surface area contributed by atoms with Gasteiger partial charge in [-0.1, -0.05) is 25.8 Å². The lowest BCUT2D eigenvalue weighted by Gasteiger charge is -2.25. The zero-order valence-corrected chi connectivity index (χ0v) is 12.1. The van der Waals surface area contributed by atoms with Crippen LogP contribution in [0, 0.1) is 0 Å². The van der Waals surface area contributed by atoms with Crippen molar-refractivity contribution in [2.45, 2.75) is 44.3 Å². The molecule has 0 fully saturated rings. The number of ether oxygens (including phenoxy) is 3. The van der Waals surface area contributed by atoms with Gasteiger partial charge >= 0.3 is 11.9 Å². The van der Waals surface area contributed by atoms with Crippen LogP contribution in [-0.2, 0) is 23.8 Å². The maximum Gasteiger partial charge on any atom is 0.337 e. The summed E-state index contributed by atoms with van der Waals surface area (Å²) in [6, 6.07) is 0. The molecule has 2 heterocycles. The summed E-state index contributed by atoms with van der Waals surface area (Å²) in [6.45, 7) is 2.11. The highest BCUT2D eigenvalue weighted by Crippen LogP contribution is 2.46. The summed E-state index contributed by atoms with van der Waals surface area (Å²) in [4.78, 5) is 24.0. The van der Waals surface area contributed by atoms with Crippen molar-refractivity contribution in [3.63, 3.8) is 0 Å². The van der Waals surface area contributed by atoms with Gasteiger partial charge in [0.05, 0.1) is 25.4 Å². The number of rotatable bonds is 6. The number of esters is 2. The molecule has 5 heteroatoms. The van der Waals surface area contributed by atoms with Gasteiger partial charge in [-0.2, -0.15) is 0 Å². The first-order chi connectivity index (χ1) is 9.59. The van der Waals surface area contributed by atoms with E-state index in [1.165, 1.54) is 14.2 Å². The second-order valence-electron chi connectivity index (χ2n) is 5.02. The molecule has 20 heavy (non-hydrogen) atoms. The quantitative estimate of drug-likeness (QED) is 0.422. The van der Waals surface area contributed by atoms with E-state index < -0.39 is 23.6 Å². The maximum atomic E-state index is 12.1. The number of hydrogen-bond donors (Lipinski definition) is 0. The maximum absolute atomic E-state index is 12.1. The Morgan fingerprint density at radius 1 is 1.25 bits per heavy atom. The van der Waals surface area contributed by atoms with E-state index in [2.05, 4.69) is 6.92 Å². The van der Waals surface area contributed by atoms with Gasteiger partial charge in [0.15, 0.2) is 0 Å². The lowest BCUT2D eigenvalue weighted by molar-refractivity contribution is -0.139. The van der Waals surface area contributed by atoms with Gasteiger partial charge in [0.1, 0.15) is 11.7 Å². The van der Waals surface area contributed by atoms with Crippen LogP contribution in [0.4, 0.5) is 0 Å². The molecule has 5 nitrogen and oxygen atoms in total. The van der Waals surface area contributed by atoms with E-state index in [9.17, 15) is 9.59 Å². The smallest absolute Gasteiger partial charge is 0.337 e. The van der Waals surface area contributed by atoms with E-state index >= 15 is 0 Å². The number of carbonyl (C=O) groups excluding carboxylic acids is 2. The Hall–Kier alpha value is -1.62. The van der Waals surface area contributed by atoms with Crippen LogP contribution >= 0.6 is 0 Å². The van der Waals surface area contributed by atoms with E-state index in [0.717, 1.165) is 19.3 Å². The Morgan fingerprint density at radius 2 is 1.95 bits per heavy atom. The molecule has 0 aromatic rings. The van der Waals surface area contributed by atoms with Crippen LogP contribution in [0.2, 0.25) is 0 Å². The van der Waals surface area contributed by atoms with Crippen molar-refractivity contribution in [1.82, 2.24) is 0 Å². The summed E-state index contributed by atoms with van der Waals surface area (Å²) >= 11 is 0. The van der Waals surface area contributed by atoms with Gasteiger partial charge in [0.2, 0.25) is 0 Å². The normalized spacial score (nSPS) is 27.1. The van der Waals surface area contributed by atoms with Crippen molar-refractivity contribution >= 4 is 11.9 Å². The molecule has 2 aliphatic rings. The number of methoxy groups -OCH3 is 2. The SMILES string of the molecule is CCCCCC12C=CC(O1)C(C(=O)OC)=C2C(=O)OC. The van der Waals surface area contributed by atoms with E-state index in [1.54, 1.807) is 0 Å². The molecule has 0 aromatic carbocycles. The van der Waals surface area contributed by atoms with Crippen molar-refractivity contribution in [2.24, 2.45) is 0 Å². The predicted octanol–water partition coefficient (Wildman–Crippen LogP) is 1.92. The fraction of sp³-hybridized carbons (Fsp3) is 0.600. The largest absolute Gasteiger partial charge is 0.466 e. The van der Waals surface area contributed by atoms with Crippen molar-refractivity contribution < 1.29 is 23.8 Å². The standard InChI is InChI=1S/C15H20O5/c1-4-5-6-8-15-9-7-10(20-15)11(13(16)18-2)12(15)14(17)19-3/h7,9-10H,4-6,8H2,1-3H3. The number of fused-ring (bicyclic) bond motifs is 2. The van der Waals surface area contributed by atoms with Crippen LogP contribution in [0.5, 0.6) is 0 Å². The first-order valence-corrected chi connectivity index (χ1v) is 6.88. The topological polar surface area (TPSA) is 61.8 Å². The number of unbranched alkanes of at least 4 members (excludes halogenated alkanes) is 2. The van der Waals surface area contributed by atoms with E-state index in [4.69, 9.17) is 14.2 Å². The molecular formula is C15H20O5. The molecule has 0 N–H and O–H groups in total. The molecule has 2 aliphatic heterocycles. The summed E-state index contributed by atoms with van der Waals surface area (Å²) in [5, 5.41) is 0. The minimum atomic E-state index is -0.823. The van der Waals surface area contributed by atoms with E-state index in [1.807, 2.05) is 12.2 Å². The zero-order valence-electron chi connectivity index (χ0n) is 12.1. The highest BCUT2D eigenvalue weighted by atomic mass is 16.6. The molecule has 0 aromatic heterocycles. The second kappa shape index (κ2) is 5.79. The molecule has 0 saturated carbocycles.